The maximum Gasteiger partial charge on any atom is 0.246 e. The number of hydrogen-bond donors (Lipinski definition) is 1. The van der Waals surface area contributed by atoms with Crippen molar-refractivity contribution in [2.24, 2.45) is 0 Å². The summed E-state index contributed by atoms with van der Waals surface area (Å²) in [6, 6.07) is 13.1. The Hall–Kier alpha value is -3.98. The van der Waals surface area contributed by atoms with Crippen LogP contribution in [-0.2, 0) is 33.4 Å². The van der Waals surface area contributed by atoms with Crippen LogP contribution in [0.15, 0.2) is 60.8 Å². The normalized spacial score (nSPS) is 27.5. The predicted molar refractivity (Wildman–Crippen MR) is 150 cm³/mol. The average Bonchev–Trinajstić information content (AvgIpc) is 3.45. The quantitative estimate of drug-likeness (QED) is 0.488. The van der Waals surface area contributed by atoms with Crippen LogP contribution >= 0.6 is 0 Å². The number of hydrogen-bond acceptors (Lipinski definition) is 4. The van der Waals surface area contributed by atoms with Crippen LogP contribution in [0.3, 0.4) is 0 Å². The van der Waals surface area contributed by atoms with Gasteiger partial charge in [0.25, 0.3) is 0 Å². The maximum atomic E-state index is 14.2. The van der Waals surface area contributed by atoms with E-state index in [-0.39, 0.29) is 19.0 Å². The number of halogens is 3. The fraction of sp³-hybridized carbons (Fsp3) is 0.344. The van der Waals surface area contributed by atoms with Crippen molar-refractivity contribution < 1.29 is 22.8 Å². The van der Waals surface area contributed by atoms with Crippen molar-refractivity contribution in [3.63, 3.8) is 0 Å². The zero-order chi connectivity index (χ0) is 29.2. The number of alkyl halides is 1. The molecule has 2 aromatic carbocycles. The molecule has 0 bridgehead atoms. The van der Waals surface area contributed by atoms with Crippen LogP contribution in [0, 0.1) is 11.6 Å². The van der Waals surface area contributed by atoms with Crippen molar-refractivity contribution in [3.05, 3.63) is 100 Å². The first-order valence-corrected chi connectivity index (χ1v) is 13.6. The van der Waals surface area contributed by atoms with Crippen molar-refractivity contribution in [1.29, 1.82) is 0 Å². The molecule has 3 heterocycles. The van der Waals surface area contributed by atoms with E-state index < -0.39 is 40.7 Å². The molecule has 3 aliphatic rings. The lowest BCUT2D eigenvalue weighted by Crippen LogP contribution is -2.70. The number of nitrogens with zero attached hydrogens (tertiary/aromatic N) is 3. The topological polar surface area (TPSA) is 65.5 Å². The summed E-state index contributed by atoms with van der Waals surface area (Å²) in [6.07, 6.45) is 6.50. The number of amides is 2. The summed E-state index contributed by atoms with van der Waals surface area (Å²) in [6.45, 7) is 2.69. The molecule has 1 N–H and O–H groups in total. The number of benzene rings is 2. The van der Waals surface area contributed by atoms with Crippen LogP contribution in [0.1, 0.15) is 41.7 Å². The molecule has 2 aliphatic heterocycles. The first kappa shape index (κ1) is 27.2. The number of carbonyl (C=O) groups is 2. The van der Waals surface area contributed by atoms with Crippen LogP contribution in [0.2, 0.25) is 0 Å². The molecule has 41 heavy (non-hydrogen) atoms. The SMILES string of the molecule is CN1C[C@@](C)(c2cc(F)cc(F)c2)N(CC=Cc2ccc3c(c2)C[C@@]2(C3)C(=O)Nc3ncccc32)C(=O)[C@@]1(C)CF. The van der Waals surface area contributed by atoms with E-state index in [9.17, 15) is 22.8 Å². The predicted octanol–water partition coefficient (Wildman–Crippen LogP) is 4.78. The van der Waals surface area contributed by atoms with Gasteiger partial charge in [-0.05, 0) is 74.2 Å². The Morgan fingerprint density at radius 3 is 2.49 bits per heavy atom. The van der Waals surface area contributed by atoms with Crippen LogP contribution in [0.25, 0.3) is 6.08 Å². The highest BCUT2D eigenvalue weighted by atomic mass is 19.1. The van der Waals surface area contributed by atoms with E-state index in [1.165, 1.54) is 17.0 Å². The Morgan fingerprint density at radius 2 is 1.76 bits per heavy atom. The minimum atomic E-state index is -1.39. The highest BCUT2D eigenvalue weighted by molar-refractivity contribution is 6.06. The molecule has 1 spiro atoms. The Labute approximate surface area is 236 Å². The van der Waals surface area contributed by atoms with Gasteiger partial charge >= 0.3 is 0 Å². The van der Waals surface area contributed by atoms with Crippen molar-refractivity contribution >= 4 is 23.7 Å². The Morgan fingerprint density at radius 1 is 1.02 bits per heavy atom. The van der Waals surface area contributed by atoms with Crippen LogP contribution in [-0.4, -0.2) is 58.9 Å². The lowest BCUT2D eigenvalue weighted by molar-refractivity contribution is -0.162. The van der Waals surface area contributed by atoms with Gasteiger partial charge in [-0.1, -0.05) is 36.4 Å². The number of rotatable bonds is 5. The number of fused-ring (bicyclic) bond motifs is 3. The molecule has 1 saturated heterocycles. The lowest BCUT2D eigenvalue weighted by atomic mass is 9.79. The van der Waals surface area contributed by atoms with Crippen LogP contribution in [0.4, 0.5) is 19.0 Å². The zero-order valence-electron chi connectivity index (χ0n) is 23.2. The molecule has 2 amide bonds. The minimum absolute atomic E-state index is 0.0444. The van der Waals surface area contributed by atoms with Gasteiger partial charge in [-0.25, -0.2) is 18.2 Å². The Bertz CT molecular complexity index is 1590. The summed E-state index contributed by atoms with van der Waals surface area (Å²) >= 11 is 0. The lowest BCUT2D eigenvalue weighted by Gasteiger charge is -2.54. The summed E-state index contributed by atoms with van der Waals surface area (Å²) in [4.78, 5) is 34.2. The molecule has 6 nitrogen and oxygen atoms in total. The van der Waals surface area contributed by atoms with E-state index in [4.69, 9.17) is 0 Å². The number of pyridine rings is 1. The third-order valence-corrected chi connectivity index (χ3v) is 9.24. The second-order valence-electron chi connectivity index (χ2n) is 11.8. The second-order valence-corrected chi connectivity index (χ2v) is 11.8. The third-order valence-electron chi connectivity index (χ3n) is 9.24. The molecule has 0 radical (unpaired) electrons. The number of nitrogens with one attached hydrogen (secondary N) is 1. The van der Waals surface area contributed by atoms with Crippen molar-refractivity contribution in [1.82, 2.24) is 14.8 Å². The highest BCUT2D eigenvalue weighted by Crippen LogP contribution is 2.46. The summed E-state index contributed by atoms with van der Waals surface area (Å²) in [5, 5.41) is 2.92. The highest BCUT2D eigenvalue weighted by Gasteiger charge is 2.53. The molecule has 3 atom stereocenters. The van der Waals surface area contributed by atoms with Crippen molar-refractivity contribution in [3.8, 4) is 0 Å². The summed E-state index contributed by atoms with van der Waals surface area (Å²) in [7, 11) is 1.65. The first-order valence-electron chi connectivity index (χ1n) is 13.6. The van der Waals surface area contributed by atoms with Gasteiger partial charge in [-0.2, -0.15) is 0 Å². The van der Waals surface area contributed by atoms with Gasteiger partial charge in [0.1, 0.15) is 29.7 Å². The molecule has 0 saturated carbocycles. The van der Waals surface area contributed by atoms with Gasteiger partial charge < -0.3 is 10.2 Å². The smallest absolute Gasteiger partial charge is 0.246 e. The van der Waals surface area contributed by atoms with Crippen LogP contribution in [0.5, 0.6) is 0 Å². The molecule has 1 aliphatic carbocycles. The van der Waals surface area contributed by atoms with Crippen LogP contribution < -0.4 is 5.32 Å². The van der Waals surface area contributed by atoms with Crippen molar-refractivity contribution in [2.45, 2.75) is 43.2 Å². The average molecular weight is 561 g/mol. The van der Waals surface area contributed by atoms with E-state index >= 15 is 0 Å². The van der Waals surface area contributed by atoms with Gasteiger partial charge in [0.2, 0.25) is 11.8 Å². The minimum Gasteiger partial charge on any atom is -0.327 e. The molecule has 6 rings (SSSR count). The molecule has 9 heteroatoms. The molecule has 1 aromatic heterocycles. The Kier molecular flexibility index (Phi) is 6.33. The van der Waals surface area contributed by atoms with E-state index in [0.29, 0.717) is 24.2 Å². The van der Waals surface area contributed by atoms with E-state index in [2.05, 4.69) is 10.3 Å². The summed E-state index contributed by atoms with van der Waals surface area (Å²) in [5.74, 6) is -1.37. The van der Waals surface area contributed by atoms with Gasteiger partial charge in [0, 0.05) is 30.9 Å². The number of piperazine rings is 1. The number of carbonyl (C=O) groups excluding carboxylic acids is 2. The Balaban J connectivity index is 1.28. The van der Waals surface area contributed by atoms with Gasteiger partial charge in [-0.3, -0.25) is 14.5 Å². The van der Waals surface area contributed by atoms with E-state index in [1.807, 2.05) is 42.5 Å². The molecule has 3 aromatic rings. The maximum absolute atomic E-state index is 14.2. The van der Waals surface area contributed by atoms with Crippen molar-refractivity contribution in [2.75, 3.05) is 32.1 Å². The number of likely N-dealkylation sites (N-methyl/N-ethyl adjacent to an activating group) is 1. The second kappa shape index (κ2) is 9.55. The summed E-state index contributed by atoms with van der Waals surface area (Å²) in [5.41, 5.74) is 1.11. The van der Waals surface area contributed by atoms with E-state index in [0.717, 1.165) is 28.3 Å². The monoisotopic (exact) mass is 560 g/mol. The fourth-order valence-electron chi connectivity index (χ4n) is 6.64. The molecular formula is C32H31F3N4O2. The third kappa shape index (κ3) is 4.17. The zero-order valence-corrected chi connectivity index (χ0v) is 23.2. The molecular weight excluding hydrogens is 529 g/mol. The molecule has 0 unspecified atom stereocenters. The largest absolute Gasteiger partial charge is 0.327 e. The molecule has 212 valence electrons. The first-order chi connectivity index (χ1) is 19.5. The number of aromatic nitrogens is 1. The van der Waals surface area contributed by atoms with E-state index in [1.54, 1.807) is 32.0 Å². The molecule has 1 fully saturated rings. The van der Waals surface area contributed by atoms with Gasteiger partial charge in [-0.15, -0.1) is 0 Å². The summed E-state index contributed by atoms with van der Waals surface area (Å²) < 4.78 is 42.7. The number of anilines is 1. The standard InChI is InChI=1S/C32H31F3N4O2/c1-30(18-33)29(41)39(31(2,19-38(30)3)23-13-24(34)15-25(35)14-23)11-5-6-20-8-9-21-16-32(17-22(21)12-20)26-7-4-10-36-27(26)37-28(32)40/h4-10,12-15H,11,16-19H2,1-3H3,(H,36,37,40)/t30-,31+,32-/m1/s1. The fourth-order valence-corrected chi connectivity index (χ4v) is 6.64. The van der Waals surface area contributed by atoms with Gasteiger partial charge in [0.05, 0.1) is 11.0 Å². The van der Waals surface area contributed by atoms with Gasteiger partial charge in [0.15, 0.2) is 0 Å².